The highest BCUT2D eigenvalue weighted by Gasteiger charge is 2.69. The van der Waals surface area contributed by atoms with Gasteiger partial charge in [-0.1, -0.05) is 6.92 Å². The second kappa shape index (κ2) is 9.42. The van der Waals surface area contributed by atoms with Crippen LogP contribution in [-0.4, -0.2) is 53.6 Å². The van der Waals surface area contributed by atoms with Gasteiger partial charge in [0.05, 0.1) is 6.10 Å². The van der Waals surface area contributed by atoms with Gasteiger partial charge in [0.15, 0.2) is 11.4 Å². The van der Waals surface area contributed by atoms with Gasteiger partial charge in [-0.2, -0.15) is 0 Å². The number of carbonyl (C=O) groups is 2. The number of aliphatic hydroxyl groups excluding tert-OH is 1. The monoisotopic (exact) mass is 487 g/mol. The molecule has 0 aromatic heterocycles. The Labute approximate surface area is 212 Å². The zero-order valence-corrected chi connectivity index (χ0v) is 22.8. The summed E-state index contributed by atoms with van der Waals surface area (Å²) in [7, 11) is 4.43. The van der Waals surface area contributed by atoms with Crippen molar-refractivity contribution < 1.29 is 19.4 Å². The van der Waals surface area contributed by atoms with Gasteiger partial charge in [0.2, 0.25) is 0 Å². The van der Waals surface area contributed by atoms with Gasteiger partial charge >= 0.3 is 5.97 Å². The van der Waals surface area contributed by atoms with Crippen LogP contribution in [0.3, 0.4) is 0 Å². The lowest BCUT2D eigenvalue weighted by molar-refractivity contribution is -0.197. The predicted molar refractivity (Wildman–Crippen MR) is 137 cm³/mol. The van der Waals surface area contributed by atoms with Crippen LogP contribution in [-0.2, 0) is 14.3 Å². The molecular weight excluding hydrogens is 438 g/mol. The molecule has 0 aromatic carbocycles. The average Bonchev–Trinajstić information content (AvgIpc) is 3.10. The van der Waals surface area contributed by atoms with E-state index in [1.165, 1.54) is 51.9 Å². The van der Waals surface area contributed by atoms with Crippen molar-refractivity contribution >= 4 is 11.8 Å². The van der Waals surface area contributed by atoms with E-state index in [1.807, 2.05) is 0 Å². The Balaban J connectivity index is 1.51. The van der Waals surface area contributed by atoms with Crippen molar-refractivity contribution in [3.05, 3.63) is 0 Å². The number of ketones is 1. The highest BCUT2D eigenvalue weighted by molar-refractivity contribution is 5.89. The Hall–Kier alpha value is -0.940. The van der Waals surface area contributed by atoms with Crippen molar-refractivity contribution in [2.45, 2.75) is 116 Å². The normalized spacial score (nSPS) is 49.6. The summed E-state index contributed by atoms with van der Waals surface area (Å²) >= 11 is 0. The average molecular weight is 488 g/mol. The Morgan fingerprint density at radius 3 is 2.14 bits per heavy atom. The molecule has 5 fully saturated rings. The molecule has 0 aliphatic heterocycles. The molecule has 0 aromatic rings. The maximum absolute atomic E-state index is 13.3. The van der Waals surface area contributed by atoms with Crippen LogP contribution in [0.4, 0.5) is 0 Å². The minimum atomic E-state index is -0.951. The van der Waals surface area contributed by atoms with E-state index in [9.17, 15) is 14.7 Å². The van der Waals surface area contributed by atoms with Gasteiger partial charge in [-0.3, -0.25) is 9.59 Å². The first-order chi connectivity index (χ1) is 16.6. The molecule has 8 unspecified atom stereocenters. The number of rotatable bonds is 4. The maximum Gasteiger partial charge on any atom is 0.303 e. The van der Waals surface area contributed by atoms with Crippen LogP contribution < -0.4 is 0 Å². The first-order valence-electron chi connectivity index (χ1n) is 14.6. The molecule has 35 heavy (non-hydrogen) atoms. The molecule has 5 saturated carbocycles. The quantitative estimate of drug-likeness (QED) is 0.550. The predicted octanol–water partition coefficient (Wildman–Crippen LogP) is 5.24. The van der Waals surface area contributed by atoms with Crippen molar-refractivity contribution in [3.63, 3.8) is 0 Å². The van der Waals surface area contributed by atoms with Gasteiger partial charge in [-0.15, -0.1) is 0 Å². The van der Waals surface area contributed by atoms with Gasteiger partial charge in [0.25, 0.3) is 0 Å². The molecule has 0 bridgehead atoms. The minimum Gasteiger partial charge on any atom is -0.451 e. The number of esters is 1. The number of fused-ring (bicyclic) bond motifs is 5. The van der Waals surface area contributed by atoms with Crippen LogP contribution in [0.2, 0.25) is 0 Å². The molecule has 5 aliphatic carbocycles. The Bertz CT molecular complexity index is 819. The van der Waals surface area contributed by atoms with Crippen molar-refractivity contribution in [2.24, 2.45) is 46.8 Å². The Morgan fingerprint density at radius 1 is 0.857 bits per heavy atom. The van der Waals surface area contributed by atoms with Gasteiger partial charge < -0.3 is 14.7 Å². The molecule has 9 atom stereocenters. The second-order valence-electron chi connectivity index (χ2n) is 13.6. The van der Waals surface area contributed by atoms with Gasteiger partial charge in [0.1, 0.15) is 0 Å². The first kappa shape index (κ1) is 25.7. The molecule has 5 heteroatoms. The lowest BCUT2D eigenvalue weighted by Crippen LogP contribution is -2.61. The van der Waals surface area contributed by atoms with Crippen LogP contribution in [0.1, 0.15) is 97.8 Å². The van der Waals surface area contributed by atoms with Crippen LogP contribution in [0.5, 0.6) is 0 Å². The zero-order chi connectivity index (χ0) is 25.1. The van der Waals surface area contributed by atoms with Crippen molar-refractivity contribution in [1.82, 2.24) is 4.90 Å². The molecule has 1 N–H and O–H groups in total. The molecule has 0 amide bonds. The third kappa shape index (κ3) is 4.11. The van der Waals surface area contributed by atoms with E-state index in [1.54, 1.807) is 6.92 Å². The molecule has 0 spiro atoms. The summed E-state index contributed by atoms with van der Waals surface area (Å²) in [6.07, 6.45) is 13.2. The largest absolute Gasteiger partial charge is 0.451 e. The summed E-state index contributed by atoms with van der Waals surface area (Å²) in [5.41, 5.74) is -1.22. The van der Waals surface area contributed by atoms with Crippen molar-refractivity contribution in [2.75, 3.05) is 14.1 Å². The lowest BCUT2D eigenvalue weighted by Gasteiger charge is -2.62. The third-order valence-corrected chi connectivity index (χ3v) is 12.1. The standard InChI is InChI=1S/C30H49NO4/c1-18(32)30(35-19(2)33)15-14-27-25-12-8-21-16-23(34)11-13-24(21)28(25)26(17-29(27,30)3)20-6-9-22(10-7-20)31(4)5/h20-28,34H,6-17H2,1-5H3/t20?,21?,22?,23?,24?,25?,26?,27?,28?,29-,30?/m0/s1. The highest BCUT2D eigenvalue weighted by Crippen LogP contribution is 2.69. The van der Waals surface area contributed by atoms with Gasteiger partial charge in [-0.05, 0) is 139 Å². The number of carbonyl (C=O) groups excluding carboxylic acids is 2. The minimum absolute atomic E-state index is 0.0562. The van der Waals surface area contributed by atoms with E-state index >= 15 is 0 Å². The first-order valence-corrected chi connectivity index (χ1v) is 14.6. The number of ether oxygens (including phenoxy) is 1. The van der Waals surface area contributed by atoms with Crippen LogP contribution >= 0.6 is 0 Å². The fourth-order valence-electron chi connectivity index (χ4n) is 10.6. The summed E-state index contributed by atoms with van der Waals surface area (Å²) in [6.45, 7) is 5.46. The zero-order valence-electron chi connectivity index (χ0n) is 22.8. The van der Waals surface area contributed by atoms with E-state index in [0.29, 0.717) is 48.0 Å². The maximum atomic E-state index is 13.3. The summed E-state index contributed by atoms with van der Waals surface area (Å²) in [4.78, 5) is 28.0. The summed E-state index contributed by atoms with van der Waals surface area (Å²) in [5.74, 6) is 4.22. The number of hydrogen-bond donors (Lipinski definition) is 1. The smallest absolute Gasteiger partial charge is 0.303 e. The number of Topliss-reactive ketones (excluding diaryl/α,β-unsaturated/α-hetero) is 1. The summed E-state index contributed by atoms with van der Waals surface area (Å²) in [6, 6.07) is 0.682. The van der Waals surface area contributed by atoms with Gasteiger partial charge in [-0.25, -0.2) is 0 Å². The Kier molecular flexibility index (Phi) is 6.92. The molecule has 5 nitrogen and oxygen atoms in total. The lowest BCUT2D eigenvalue weighted by atomic mass is 9.44. The SMILES string of the molecule is CC(=O)OC1(C(C)=O)CCC2C3CCC4CC(O)CCC4C3C(C3CCC(N(C)C)CC3)C[C@@]21C. The molecule has 5 rings (SSSR count). The number of aliphatic hydroxyl groups is 1. The Morgan fingerprint density at radius 2 is 1.51 bits per heavy atom. The molecule has 0 saturated heterocycles. The third-order valence-electron chi connectivity index (χ3n) is 12.1. The van der Waals surface area contributed by atoms with E-state index in [-0.39, 0.29) is 23.3 Å². The topological polar surface area (TPSA) is 66.8 Å². The number of hydrogen-bond acceptors (Lipinski definition) is 5. The molecular formula is C30H49NO4. The van der Waals surface area contributed by atoms with E-state index < -0.39 is 5.60 Å². The van der Waals surface area contributed by atoms with E-state index in [4.69, 9.17) is 4.74 Å². The van der Waals surface area contributed by atoms with E-state index in [2.05, 4.69) is 25.9 Å². The molecule has 0 radical (unpaired) electrons. The van der Waals surface area contributed by atoms with Crippen molar-refractivity contribution in [3.8, 4) is 0 Å². The van der Waals surface area contributed by atoms with Gasteiger partial charge in [0, 0.05) is 18.4 Å². The van der Waals surface area contributed by atoms with Crippen LogP contribution in [0, 0.1) is 46.8 Å². The number of nitrogens with zero attached hydrogens (tertiary/aromatic N) is 1. The summed E-state index contributed by atoms with van der Waals surface area (Å²) in [5, 5.41) is 10.5. The van der Waals surface area contributed by atoms with E-state index in [0.717, 1.165) is 31.6 Å². The highest BCUT2D eigenvalue weighted by atomic mass is 16.6. The second-order valence-corrected chi connectivity index (χ2v) is 13.6. The molecule has 5 aliphatic rings. The van der Waals surface area contributed by atoms with Crippen LogP contribution in [0.25, 0.3) is 0 Å². The molecule has 198 valence electrons. The summed E-state index contributed by atoms with van der Waals surface area (Å²) < 4.78 is 6.09. The fraction of sp³-hybridized carbons (Fsp3) is 0.933. The molecule has 0 heterocycles. The van der Waals surface area contributed by atoms with Crippen LogP contribution in [0.15, 0.2) is 0 Å². The fourth-order valence-corrected chi connectivity index (χ4v) is 10.6. The van der Waals surface area contributed by atoms with Crippen molar-refractivity contribution in [1.29, 1.82) is 0 Å².